The highest BCUT2D eigenvalue weighted by Gasteiger charge is 2.36. The minimum Gasteiger partial charge on any atom is -0.289 e. The van der Waals surface area contributed by atoms with Crippen LogP contribution in [-0.2, 0) is 9.59 Å². The second kappa shape index (κ2) is 14.0. The molecule has 0 unspecified atom stereocenters. The van der Waals surface area contributed by atoms with E-state index in [2.05, 4.69) is 4.98 Å². The number of hydrogen-bond donors (Lipinski definition) is 2. The minimum atomic E-state index is -1.12. The standard InChI is InChI=1S/C27H36N4O4/c1-20(2)13-14-25(32)31(30(19-21(3)4)27(34)23-15-17-28-18-16-23)24(26(33)29-35)12-8-11-22-9-6-5-7-10-22/h5-11,15-18,20-21,24,35H,12-14,19H2,1-4H3,(H,29,33)/t24-/m0/s1. The third-order valence-corrected chi connectivity index (χ3v) is 5.33. The number of rotatable bonds is 11. The van der Waals surface area contributed by atoms with Gasteiger partial charge in [0.15, 0.2) is 0 Å². The Hall–Kier alpha value is -3.52. The lowest BCUT2D eigenvalue weighted by atomic mass is 10.1. The molecule has 0 saturated heterocycles. The second-order valence-corrected chi connectivity index (χ2v) is 9.23. The number of pyridine rings is 1. The van der Waals surface area contributed by atoms with Crippen LogP contribution in [0.5, 0.6) is 0 Å². The van der Waals surface area contributed by atoms with E-state index in [-0.39, 0.29) is 37.1 Å². The normalized spacial score (nSPS) is 12.1. The van der Waals surface area contributed by atoms with Gasteiger partial charge in [-0.2, -0.15) is 0 Å². The molecule has 0 radical (unpaired) electrons. The number of amides is 3. The van der Waals surface area contributed by atoms with E-state index < -0.39 is 17.9 Å². The molecule has 0 saturated carbocycles. The van der Waals surface area contributed by atoms with Crippen molar-refractivity contribution in [3.8, 4) is 0 Å². The highest BCUT2D eigenvalue weighted by atomic mass is 16.5. The van der Waals surface area contributed by atoms with E-state index in [0.717, 1.165) is 5.56 Å². The van der Waals surface area contributed by atoms with Gasteiger partial charge < -0.3 is 0 Å². The Balaban J connectivity index is 2.49. The van der Waals surface area contributed by atoms with Gasteiger partial charge in [0.1, 0.15) is 6.04 Å². The van der Waals surface area contributed by atoms with Crippen LogP contribution in [0.2, 0.25) is 0 Å². The summed E-state index contributed by atoms with van der Waals surface area (Å²) in [6, 6.07) is 11.6. The van der Waals surface area contributed by atoms with Crippen LogP contribution in [0, 0.1) is 11.8 Å². The maximum Gasteiger partial charge on any atom is 0.272 e. The third kappa shape index (κ3) is 8.64. The summed E-state index contributed by atoms with van der Waals surface area (Å²) in [6.45, 7) is 8.09. The first-order chi connectivity index (χ1) is 16.7. The molecule has 1 atom stereocenters. The molecular formula is C27H36N4O4. The fourth-order valence-electron chi connectivity index (χ4n) is 3.55. The Bertz CT molecular complexity index is 977. The number of aromatic nitrogens is 1. The molecule has 35 heavy (non-hydrogen) atoms. The van der Waals surface area contributed by atoms with Crippen molar-refractivity contribution < 1.29 is 19.6 Å². The van der Waals surface area contributed by atoms with Gasteiger partial charge in [-0.05, 0) is 42.4 Å². The van der Waals surface area contributed by atoms with E-state index >= 15 is 0 Å². The lowest BCUT2D eigenvalue weighted by Crippen LogP contribution is -2.59. The van der Waals surface area contributed by atoms with Gasteiger partial charge in [0, 0.05) is 30.9 Å². The molecule has 8 nitrogen and oxygen atoms in total. The number of carbonyl (C=O) groups excluding carboxylic acids is 3. The average molecular weight is 481 g/mol. The smallest absolute Gasteiger partial charge is 0.272 e. The van der Waals surface area contributed by atoms with Crippen LogP contribution >= 0.6 is 0 Å². The molecule has 1 aromatic carbocycles. The molecule has 0 aliphatic rings. The van der Waals surface area contributed by atoms with Gasteiger partial charge in [0.2, 0.25) is 5.91 Å². The monoisotopic (exact) mass is 480 g/mol. The molecule has 0 bridgehead atoms. The Labute approximate surface area is 207 Å². The van der Waals surface area contributed by atoms with Gasteiger partial charge in [-0.15, -0.1) is 0 Å². The molecule has 8 heteroatoms. The predicted octanol–water partition coefficient (Wildman–Crippen LogP) is 4.34. The van der Waals surface area contributed by atoms with Crippen molar-refractivity contribution in [2.45, 2.75) is 53.0 Å². The van der Waals surface area contributed by atoms with Crippen molar-refractivity contribution in [3.63, 3.8) is 0 Å². The predicted molar refractivity (Wildman–Crippen MR) is 135 cm³/mol. The van der Waals surface area contributed by atoms with E-state index in [1.807, 2.05) is 64.1 Å². The number of hydrogen-bond acceptors (Lipinski definition) is 5. The Morgan fingerprint density at radius 2 is 1.66 bits per heavy atom. The topological polar surface area (TPSA) is 103 Å². The van der Waals surface area contributed by atoms with Crippen molar-refractivity contribution >= 4 is 23.8 Å². The molecule has 0 spiro atoms. The Morgan fingerprint density at radius 1 is 1.00 bits per heavy atom. The first-order valence-electron chi connectivity index (χ1n) is 11.9. The number of hydroxylamine groups is 1. The van der Waals surface area contributed by atoms with Crippen molar-refractivity contribution in [1.82, 2.24) is 20.5 Å². The van der Waals surface area contributed by atoms with Crippen molar-refractivity contribution in [2.75, 3.05) is 6.54 Å². The molecule has 188 valence electrons. The van der Waals surface area contributed by atoms with Crippen LogP contribution in [0.25, 0.3) is 6.08 Å². The SMILES string of the molecule is CC(C)CCC(=O)N([C@@H](CC=Cc1ccccc1)C(=O)NO)N(CC(C)C)C(=O)c1ccncc1. The first-order valence-corrected chi connectivity index (χ1v) is 11.9. The van der Waals surface area contributed by atoms with Crippen LogP contribution in [0.15, 0.2) is 60.9 Å². The van der Waals surface area contributed by atoms with E-state index in [0.29, 0.717) is 12.0 Å². The Kier molecular flexibility index (Phi) is 11.1. The third-order valence-electron chi connectivity index (χ3n) is 5.33. The first kappa shape index (κ1) is 27.7. The van der Waals surface area contributed by atoms with Gasteiger partial charge in [-0.3, -0.25) is 24.6 Å². The number of hydrazine groups is 1. The van der Waals surface area contributed by atoms with Crippen LogP contribution in [0.3, 0.4) is 0 Å². The van der Waals surface area contributed by atoms with Crippen molar-refractivity contribution in [2.24, 2.45) is 11.8 Å². The highest BCUT2D eigenvalue weighted by Crippen LogP contribution is 2.20. The molecule has 2 rings (SSSR count). The fourth-order valence-corrected chi connectivity index (χ4v) is 3.55. The van der Waals surface area contributed by atoms with E-state index in [4.69, 9.17) is 0 Å². The zero-order valence-electron chi connectivity index (χ0n) is 20.9. The van der Waals surface area contributed by atoms with E-state index in [1.54, 1.807) is 23.7 Å². The summed E-state index contributed by atoms with van der Waals surface area (Å²) < 4.78 is 0. The van der Waals surface area contributed by atoms with E-state index in [9.17, 15) is 19.6 Å². The van der Waals surface area contributed by atoms with Crippen LogP contribution in [0.4, 0.5) is 0 Å². The maximum atomic E-state index is 13.6. The zero-order chi connectivity index (χ0) is 25.8. The minimum absolute atomic E-state index is 0.0129. The zero-order valence-corrected chi connectivity index (χ0v) is 20.9. The summed E-state index contributed by atoms with van der Waals surface area (Å²) in [5.41, 5.74) is 2.97. The summed E-state index contributed by atoms with van der Waals surface area (Å²) in [6.07, 6.45) is 7.48. The number of benzene rings is 1. The summed E-state index contributed by atoms with van der Waals surface area (Å²) in [4.78, 5) is 43.9. The van der Waals surface area contributed by atoms with Crippen LogP contribution in [-0.4, -0.2) is 50.5 Å². The lowest BCUT2D eigenvalue weighted by Gasteiger charge is -2.40. The summed E-state index contributed by atoms with van der Waals surface area (Å²) in [5.74, 6) is -1.26. The molecule has 0 aliphatic carbocycles. The maximum absolute atomic E-state index is 13.6. The van der Waals surface area contributed by atoms with E-state index in [1.165, 1.54) is 22.4 Å². The molecular weight excluding hydrogens is 444 g/mol. The average Bonchev–Trinajstić information content (AvgIpc) is 2.86. The summed E-state index contributed by atoms with van der Waals surface area (Å²) in [5, 5.41) is 12.1. The van der Waals surface area contributed by atoms with Gasteiger partial charge in [-0.1, -0.05) is 70.2 Å². The molecule has 3 amide bonds. The molecule has 1 heterocycles. The fraction of sp³-hybridized carbons (Fsp3) is 0.407. The lowest BCUT2D eigenvalue weighted by molar-refractivity contribution is -0.160. The number of nitrogens with zero attached hydrogens (tertiary/aromatic N) is 3. The number of nitrogens with one attached hydrogen (secondary N) is 1. The van der Waals surface area contributed by atoms with Gasteiger partial charge in [0.05, 0.1) is 0 Å². The molecule has 2 N–H and O–H groups in total. The number of carbonyl (C=O) groups is 3. The van der Waals surface area contributed by atoms with Gasteiger partial charge in [0.25, 0.3) is 11.8 Å². The quantitative estimate of drug-likeness (QED) is 0.368. The van der Waals surface area contributed by atoms with Crippen molar-refractivity contribution in [1.29, 1.82) is 0 Å². The summed E-state index contributed by atoms with van der Waals surface area (Å²) >= 11 is 0. The van der Waals surface area contributed by atoms with Gasteiger partial charge >= 0.3 is 0 Å². The molecule has 1 aromatic heterocycles. The summed E-state index contributed by atoms with van der Waals surface area (Å²) in [7, 11) is 0. The van der Waals surface area contributed by atoms with Crippen LogP contribution < -0.4 is 5.48 Å². The molecule has 2 aromatic rings. The molecule has 0 aliphatic heterocycles. The van der Waals surface area contributed by atoms with Crippen molar-refractivity contribution in [3.05, 3.63) is 72.1 Å². The Morgan fingerprint density at radius 3 is 2.23 bits per heavy atom. The van der Waals surface area contributed by atoms with Crippen LogP contribution in [0.1, 0.15) is 62.9 Å². The molecule has 0 fully saturated rings. The second-order valence-electron chi connectivity index (χ2n) is 9.23. The highest BCUT2D eigenvalue weighted by molar-refractivity contribution is 5.96. The largest absolute Gasteiger partial charge is 0.289 e. The van der Waals surface area contributed by atoms with Gasteiger partial charge in [-0.25, -0.2) is 15.5 Å².